The topological polar surface area (TPSA) is 54.4 Å². The lowest BCUT2D eigenvalue weighted by atomic mass is 9.59. The number of aliphatic hydroxyl groups is 1. The van der Waals surface area contributed by atoms with E-state index in [1.165, 1.54) is 0 Å². The van der Waals surface area contributed by atoms with Crippen molar-refractivity contribution in [2.24, 2.45) is 10.8 Å². The van der Waals surface area contributed by atoms with E-state index in [1.54, 1.807) is 0 Å². The summed E-state index contributed by atoms with van der Waals surface area (Å²) in [5.74, 6) is 0.0469. The lowest BCUT2D eigenvalue weighted by Crippen LogP contribution is -2.50. The monoisotopic (exact) mass is 350 g/mol. The number of benzene rings is 2. The second kappa shape index (κ2) is 7.16. The van der Waals surface area contributed by atoms with Crippen molar-refractivity contribution in [1.29, 1.82) is 0 Å². The highest BCUT2D eigenvalue weighted by molar-refractivity contribution is 6.10. The molecule has 0 aliphatic heterocycles. The third-order valence-corrected chi connectivity index (χ3v) is 5.48. The van der Waals surface area contributed by atoms with Crippen LogP contribution in [0.1, 0.15) is 43.4 Å². The number of hydrogen-bond donors (Lipinski definition) is 1. The minimum absolute atomic E-state index is 0.0235. The van der Waals surface area contributed by atoms with Crippen LogP contribution in [0.25, 0.3) is 0 Å². The van der Waals surface area contributed by atoms with Crippen molar-refractivity contribution in [2.75, 3.05) is 0 Å². The maximum atomic E-state index is 13.3. The molecule has 0 spiro atoms. The Kier molecular flexibility index (Phi) is 5.10. The van der Waals surface area contributed by atoms with Crippen LogP contribution in [0.3, 0.4) is 0 Å². The Balaban J connectivity index is 2.04. The third-order valence-electron chi connectivity index (χ3n) is 5.48. The predicted molar refractivity (Wildman–Crippen MR) is 102 cm³/mol. The Hall–Kier alpha value is -2.26. The molecule has 0 bridgehead atoms. The van der Waals surface area contributed by atoms with Crippen molar-refractivity contribution in [1.82, 2.24) is 0 Å². The van der Waals surface area contributed by atoms with Crippen molar-refractivity contribution in [3.05, 3.63) is 71.3 Å². The molecule has 0 amide bonds. The Morgan fingerprint density at radius 3 is 1.92 bits per heavy atom. The maximum absolute atomic E-state index is 13.3. The number of hydrogen-bond acceptors (Lipinski definition) is 3. The molecular weight excluding hydrogens is 324 g/mol. The van der Waals surface area contributed by atoms with Gasteiger partial charge in [-0.05, 0) is 34.9 Å². The highest BCUT2D eigenvalue weighted by Gasteiger charge is 2.51. The molecule has 3 rings (SSSR count). The van der Waals surface area contributed by atoms with E-state index in [-0.39, 0.29) is 23.6 Å². The van der Waals surface area contributed by atoms with E-state index < -0.39 is 5.41 Å². The Bertz CT molecular complexity index is 785. The summed E-state index contributed by atoms with van der Waals surface area (Å²) in [6.07, 6.45) is 1.59. The fourth-order valence-corrected chi connectivity index (χ4v) is 4.04. The second-order valence-corrected chi connectivity index (χ2v) is 8.21. The van der Waals surface area contributed by atoms with E-state index in [9.17, 15) is 14.7 Å². The van der Waals surface area contributed by atoms with Gasteiger partial charge >= 0.3 is 0 Å². The smallest absolute Gasteiger partial charge is 0.147 e. The van der Waals surface area contributed by atoms with E-state index in [1.807, 2.05) is 68.4 Å². The average Bonchev–Trinajstić information content (AvgIpc) is 2.60. The van der Waals surface area contributed by atoms with Crippen LogP contribution < -0.4 is 0 Å². The van der Waals surface area contributed by atoms with Crippen molar-refractivity contribution in [2.45, 2.75) is 46.1 Å². The summed E-state index contributed by atoms with van der Waals surface area (Å²) < 4.78 is 0. The van der Waals surface area contributed by atoms with Gasteiger partial charge in [0.05, 0.1) is 12.0 Å². The van der Waals surface area contributed by atoms with E-state index in [0.29, 0.717) is 25.7 Å². The molecular formula is C23H26O3. The highest BCUT2D eigenvalue weighted by Crippen LogP contribution is 2.44. The van der Waals surface area contributed by atoms with Gasteiger partial charge in [-0.25, -0.2) is 0 Å². The van der Waals surface area contributed by atoms with Crippen LogP contribution in [-0.2, 0) is 29.0 Å². The van der Waals surface area contributed by atoms with E-state index in [4.69, 9.17) is 0 Å². The number of Topliss-reactive ketones (excluding diaryl/α,β-unsaturated/α-hetero) is 2. The van der Waals surface area contributed by atoms with E-state index >= 15 is 0 Å². The zero-order valence-electron chi connectivity index (χ0n) is 15.5. The SMILES string of the molecule is CC1(C)CC(=O)C(Cc2ccccc2)(Cc2ccccc2CO)C(=O)C1. The van der Waals surface area contributed by atoms with Crippen LogP contribution >= 0.6 is 0 Å². The van der Waals surface area contributed by atoms with Crippen molar-refractivity contribution in [3.63, 3.8) is 0 Å². The van der Waals surface area contributed by atoms with Crippen molar-refractivity contribution >= 4 is 11.6 Å². The molecule has 1 aliphatic carbocycles. The fourth-order valence-electron chi connectivity index (χ4n) is 4.04. The van der Waals surface area contributed by atoms with Gasteiger partial charge in [-0.2, -0.15) is 0 Å². The van der Waals surface area contributed by atoms with Gasteiger partial charge < -0.3 is 5.11 Å². The number of carbonyl (C=O) groups is 2. The normalized spacial score (nSPS) is 18.7. The summed E-state index contributed by atoms with van der Waals surface area (Å²) in [5.41, 5.74) is 1.33. The molecule has 1 aliphatic rings. The van der Waals surface area contributed by atoms with Gasteiger partial charge in [0.15, 0.2) is 0 Å². The lowest BCUT2D eigenvalue weighted by Gasteiger charge is -2.41. The molecule has 26 heavy (non-hydrogen) atoms. The third kappa shape index (κ3) is 3.63. The van der Waals surface area contributed by atoms with E-state index in [2.05, 4.69) is 0 Å². The van der Waals surface area contributed by atoms with Crippen LogP contribution in [0, 0.1) is 10.8 Å². The van der Waals surface area contributed by atoms with Gasteiger partial charge in [-0.1, -0.05) is 68.4 Å². The molecule has 0 aromatic heterocycles. The molecule has 0 unspecified atom stereocenters. The molecule has 2 aromatic carbocycles. The second-order valence-electron chi connectivity index (χ2n) is 8.21. The fraction of sp³-hybridized carbons (Fsp3) is 0.391. The number of carbonyl (C=O) groups excluding carboxylic acids is 2. The molecule has 2 aromatic rings. The van der Waals surface area contributed by atoms with Crippen LogP contribution in [0.4, 0.5) is 0 Å². The zero-order chi connectivity index (χ0) is 18.8. The first-order valence-corrected chi connectivity index (χ1v) is 9.14. The molecule has 3 heteroatoms. The summed E-state index contributed by atoms with van der Waals surface area (Å²) in [7, 11) is 0. The molecule has 0 heterocycles. The predicted octanol–water partition coefficient (Wildman–Crippen LogP) is 3.91. The first-order chi connectivity index (χ1) is 12.4. The largest absolute Gasteiger partial charge is 0.392 e. The van der Waals surface area contributed by atoms with Crippen LogP contribution in [0.2, 0.25) is 0 Å². The van der Waals surface area contributed by atoms with Gasteiger partial charge in [-0.15, -0.1) is 0 Å². The number of ketones is 2. The van der Waals surface area contributed by atoms with Crippen molar-refractivity contribution < 1.29 is 14.7 Å². The molecule has 1 saturated carbocycles. The quantitative estimate of drug-likeness (QED) is 0.832. The lowest BCUT2D eigenvalue weighted by molar-refractivity contribution is -0.148. The summed E-state index contributed by atoms with van der Waals surface area (Å²) >= 11 is 0. The van der Waals surface area contributed by atoms with E-state index in [0.717, 1.165) is 16.7 Å². The Morgan fingerprint density at radius 2 is 1.35 bits per heavy atom. The molecule has 1 fully saturated rings. The highest BCUT2D eigenvalue weighted by atomic mass is 16.3. The molecule has 0 saturated heterocycles. The molecule has 1 N–H and O–H groups in total. The first kappa shape index (κ1) is 18.5. The van der Waals surface area contributed by atoms with Gasteiger partial charge in [0, 0.05) is 12.8 Å². The van der Waals surface area contributed by atoms with Gasteiger partial charge in [0.1, 0.15) is 11.6 Å². The van der Waals surface area contributed by atoms with Crippen LogP contribution in [0.5, 0.6) is 0 Å². The first-order valence-electron chi connectivity index (χ1n) is 9.14. The minimum atomic E-state index is -1.04. The minimum Gasteiger partial charge on any atom is -0.392 e. The Labute approximate surface area is 155 Å². The number of rotatable bonds is 5. The Morgan fingerprint density at radius 1 is 0.808 bits per heavy atom. The molecule has 0 radical (unpaired) electrons. The standard InChI is InChI=1S/C23H26O3/c1-22(2)14-20(25)23(21(26)15-22,12-17-8-4-3-5-9-17)13-18-10-6-7-11-19(18)16-24/h3-11,24H,12-16H2,1-2H3. The summed E-state index contributed by atoms with van der Waals surface area (Å²) in [6, 6.07) is 17.3. The van der Waals surface area contributed by atoms with Gasteiger partial charge in [0.2, 0.25) is 0 Å². The summed E-state index contributed by atoms with van der Waals surface area (Å²) in [6.45, 7) is 3.87. The average molecular weight is 350 g/mol. The maximum Gasteiger partial charge on any atom is 0.147 e. The summed E-state index contributed by atoms with van der Waals surface area (Å²) in [4.78, 5) is 26.5. The molecule has 3 nitrogen and oxygen atoms in total. The van der Waals surface area contributed by atoms with Crippen LogP contribution in [0.15, 0.2) is 54.6 Å². The van der Waals surface area contributed by atoms with Crippen LogP contribution in [-0.4, -0.2) is 16.7 Å². The zero-order valence-corrected chi connectivity index (χ0v) is 15.5. The summed E-state index contributed by atoms with van der Waals surface area (Å²) in [5, 5.41) is 9.67. The van der Waals surface area contributed by atoms with Gasteiger partial charge in [-0.3, -0.25) is 9.59 Å². The number of aliphatic hydroxyl groups excluding tert-OH is 1. The van der Waals surface area contributed by atoms with Crippen molar-refractivity contribution in [3.8, 4) is 0 Å². The van der Waals surface area contributed by atoms with Gasteiger partial charge in [0.25, 0.3) is 0 Å². The molecule has 136 valence electrons. The molecule has 0 atom stereocenters.